The van der Waals surface area contributed by atoms with Crippen molar-refractivity contribution in [1.82, 2.24) is 9.55 Å². The van der Waals surface area contributed by atoms with Gasteiger partial charge < -0.3 is 9.55 Å². The van der Waals surface area contributed by atoms with E-state index in [-0.39, 0.29) is 6.04 Å². The number of hydrogen-bond acceptors (Lipinski definition) is 2. The lowest BCUT2D eigenvalue weighted by molar-refractivity contribution is 0.661. The number of aromatic nitrogens is 2. The summed E-state index contributed by atoms with van der Waals surface area (Å²) in [6, 6.07) is 9.78. The average Bonchev–Trinajstić information content (AvgIpc) is 2.92. The lowest BCUT2D eigenvalue weighted by Gasteiger charge is -2.13. The smallest absolute Gasteiger partial charge is 0.178 e. The van der Waals surface area contributed by atoms with Crippen LogP contribution in [0.15, 0.2) is 30.3 Å². The van der Waals surface area contributed by atoms with E-state index in [1.807, 2.05) is 34.9 Å². The Labute approximate surface area is 129 Å². The molecule has 0 radical (unpaired) electrons. The molecular formula is C13H10Cl2N2S2. The van der Waals surface area contributed by atoms with Crippen LogP contribution in [0.4, 0.5) is 0 Å². The van der Waals surface area contributed by atoms with E-state index in [1.54, 1.807) is 11.3 Å². The van der Waals surface area contributed by atoms with Gasteiger partial charge in [-0.1, -0.05) is 29.3 Å². The number of halogens is 2. The highest BCUT2D eigenvalue weighted by Gasteiger charge is 2.16. The molecule has 1 aromatic carbocycles. The number of fused-ring (bicyclic) bond motifs is 1. The van der Waals surface area contributed by atoms with Crippen molar-refractivity contribution < 1.29 is 0 Å². The number of nitrogens with zero attached hydrogens (tertiary/aromatic N) is 1. The molecule has 0 aliphatic rings. The van der Waals surface area contributed by atoms with Crippen molar-refractivity contribution in [3.8, 4) is 0 Å². The highest BCUT2D eigenvalue weighted by atomic mass is 35.5. The third-order valence-corrected chi connectivity index (χ3v) is 5.09. The summed E-state index contributed by atoms with van der Waals surface area (Å²) in [4.78, 5) is 4.34. The Morgan fingerprint density at radius 2 is 2.05 bits per heavy atom. The molecule has 2 nitrogen and oxygen atoms in total. The van der Waals surface area contributed by atoms with Crippen LogP contribution in [-0.2, 0) is 0 Å². The molecule has 1 N–H and O–H groups in total. The normalized spacial score (nSPS) is 13.0. The standard InChI is InChI=1S/C13H10Cl2N2S2/c1-7(10-5-6-11(15)19-10)17-12-8(14)3-2-4-9(12)16-13(17)18/h2-7H,1H3,(H,16,18). The van der Waals surface area contributed by atoms with Gasteiger partial charge in [0.1, 0.15) is 0 Å². The van der Waals surface area contributed by atoms with E-state index in [0.717, 1.165) is 20.2 Å². The van der Waals surface area contributed by atoms with Crippen LogP contribution in [0.2, 0.25) is 9.36 Å². The molecule has 19 heavy (non-hydrogen) atoms. The van der Waals surface area contributed by atoms with Crippen LogP contribution in [0, 0.1) is 4.77 Å². The van der Waals surface area contributed by atoms with Crippen LogP contribution >= 0.6 is 46.8 Å². The van der Waals surface area contributed by atoms with E-state index < -0.39 is 0 Å². The Hall–Kier alpha value is -0.810. The molecule has 0 aliphatic carbocycles. The second kappa shape index (κ2) is 4.94. The Morgan fingerprint density at radius 1 is 1.26 bits per heavy atom. The first-order chi connectivity index (χ1) is 9.08. The SMILES string of the molecule is CC(c1ccc(Cl)s1)n1c(=S)[nH]c2cccc(Cl)c21. The predicted octanol–water partition coefficient (Wildman–Crippen LogP) is 5.68. The van der Waals surface area contributed by atoms with Gasteiger partial charge in [0, 0.05) is 4.88 Å². The van der Waals surface area contributed by atoms with E-state index in [0.29, 0.717) is 9.79 Å². The number of aromatic amines is 1. The molecule has 0 aliphatic heterocycles. The molecular weight excluding hydrogens is 319 g/mol. The molecule has 0 saturated heterocycles. The molecule has 0 fully saturated rings. The molecule has 0 saturated carbocycles. The van der Waals surface area contributed by atoms with Gasteiger partial charge in [0.25, 0.3) is 0 Å². The van der Waals surface area contributed by atoms with Gasteiger partial charge in [0.05, 0.1) is 26.4 Å². The highest BCUT2D eigenvalue weighted by molar-refractivity contribution is 7.71. The molecule has 98 valence electrons. The lowest BCUT2D eigenvalue weighted by Crippen LogP contribution is -2.05. The van der Waals surface area contributed by atoms with Crippen LogP contribution in [0.25, 0.3) is 11.0 Å². The van der Waals surface area contributed by atoms with Crippen LogP contribution in [0.3, 0.4) is 0 Å². The molecule has 2 heterocycles. The summed E-state index contributed by atoms with van der Waals surface area (Å²) < 4.78 is 3.48. The zero-order chi connectivity index (χ0) is 13.6. The van der Waals surface area contributed by atoms with Gasteiger partial charge in [-0.3, -0.25) is 0 Å². The molecule has 3 rings (SSSR count). The fourth-order valence-corrected chi connectivity index (χ4v) is 3.92. The van der Waals surface area contributed by atoms with Gasteiger partial charge in [-0.2, -0.15) is 0 Å². The number of H-pyrrole nitrogens is 1. The summed E-state index contributed by atoms with van der Waals surface area (Å²) in [7, 11) is 0. The number of para-hydroxylation sites is 1. The minimum atomic E-state index is 0.0960. The first-order valence-electron chi connectivity index (χ1n) is 5.72. The lowest BCUT2D eigenvalue weighted by atomic mass is 10.2. The van der Waals surface area contributed by atoms with Crippen molar-refractivity contribution in [3.63, 3.8) is 0 Å². The summed E-state index contributed by atoms with van der Waals surface area (Å²) >= 11 is 19.3. The van der Waals surface area contributed by atoms with Crippen molar-refractivity contribution in [2.45, 2.75) is 13.0 Å². The van der Waals surface area contributed by atoms with Crippen molar-refractivity contribution in [2.75, 3.05) is 0 Å². The molecule has 0 spiro atoms. The van der Waals surface area contributed by atoms with E-state index in [2.05, 4.69) is 11.9 Å². The first kappa shape index (κ1) is 13.2. The molecule has 0 bridgehead atoms. The topological polar surface area (TPSA) is 20.7 Å². The van der Waals surface area contributed by atoms with Crippen molar-refractivity contribution in [2.24, 2.45) is 0 Å². The van der Waals surface area contributed by atoms with E-state index in [9.17, 15) is 0 Å². The summed E-state index contributed by atoms with van der Waals surface area (Å²) in [5.74, 6) is 0. The van der Waals surface area contributed by atoms with Crippen LogP contribution in [0.5, 0.6) is 0 Å². The Balaban J connectivity index is 2.25. The molecule has 1 unspecified atom stereocenters. The predicted molar refractivity (Wildman–Crippen MR) is 85.3 cm³/mol. The monoisotopic (exact) mass is 328 g/mol. The maximum atomic E-state index is 6.30. The number of thiophene rings is 1. The fraction of sp³-hybridized carbons (Fsp3) is 0.154. The zero-order valence-electron chi connectivity index (χ0n) is 9.98. The maximum absolute atomic E-state index is 6.30. The van der Waals surface area contributed by atoms with Gasteiger partial charge in [-0.05, 0) is 43.4 Å². The third kappa shape index (κ3) is 2.23. The maximum Gasteiger partial charge on any atom is 0.178 e. The second-order valence-electron chi connectivity index (χ2n) is 4.25. The minimum Gasteiger partial charge on any atom is -0.331 e. The molecule has 1 atom stereocenters. The number of rotatable bonds is 2. The van der Waals surface area contributed by atoms with Gasteiger partial charge in [-0.15, -0.1) is 11.3 Å². The largest absolute Gasteiger partial charge is 0.331 e. The van der Waals surface area contributed by atoms with Crippen LogP contribution in [-0.4, -0.2) is 9.55 Å². The molecule has 2 aromatic heterocycles. The number of imidazole rings is 1. The van der Waals surface area contributed by atoms with Crippen molar-refractivity contribution in [1.29, 1.82) is 0 Å². The van der Waals surface area contributed by atoms with E-state index >= 15 is 0 Å². The van der Waals surface area contributed by atoms with E-state index in [1.165, 1.54) is 0 Å². The number of nitrogens with one attached hydrogen (secondary N) is 1. The summed E-state index contributed by atoms with van der Waals surface area (Å²) in [6.45, 7) is 2.09. The highest BCUT2D eigenvalue weighted by Crippen LogP contribution is 2.33. The third-order valence-electron chi connectivity index (χ3n) is 3.08. The Bertz CT molecular complexity index is 800. The second-order valence-corrected chi connectivity index (χ2v) is 6.79. The van der Waals surface area contributed by atoms with Crippen LogP contribution in [0.1, 0.15) is 17.8 Å². The summed E-state index contributed by atoms with van der Waals surface area (Å²) in [5, 5.41) is 0.694. The Kier molecular flexibility index (Phi) is 3.43. The van der Waals surface area contributed by atoms with Crippen molar-refractivity contribution in [3.05, 3.63) is 49.3 Å². The number of benzene rings is 1. The first-order valence-corrected chi connectivity index (χ1v) is 7.70. The minimum absolute atomic E-state index is 0.0960. The average molecular weight is 329 g/mol. The van der Waals surface area contributed by atoms with Gasteiger partial charge in [0.2, 0.25) is 0 Å². The summed E-state index contributed by atoms with van der Waals surface area (Å²) in [6.07, 6.45) is 0. The van der Waals surface area contributed by atoms with Crippen LogP contribution < -0.4 is 0 Å². The van der Waals surface area contributed by atoms with Gasteiger partial charge in [0.15, 0.2) is 4.77 Å². The molecule has 6 heteroatoms. The zero-order valence-corrected chi connectivity index (χ0v) is 13.1. The fourth-order valence-electron chi connectivity index (χ4n) is 2.19. The molecule has 0 amide bonds. The molecule has 3 aromatic rings. The van der Waals surface area contributed by atoms with E-state index in [4.69, 9.17) is 35.4 Å². The van der Waals surface area contributed by atoms with Gasteiger partial charge in [-0.25, -0.2) is 0 Å². The quantitative estimate of drug-likeness (QED) is 0.600. The summed E-state index contributed by atoms with van der Waals surface area (Å²) in [5.41, 5.74) is 1.89. The Morgan fingerprint density at radius 3 is 2.74 bits per heavy atom. The van der Waals surface area contributed by atoms with Gasteiger partial charge >= 0.3 is 0 Å². The number of hydrogen-bond donors (Lipinski definition) is 1. The van der Waals surface area contributed by atoms with Crippen molar-refractivity contribution >= 4 is 57.8 Å².